The summed E-state index contributed by atoms with van der Waals surface area (Å²) in [6, 6.07) is 22.1. The van der Waals surface area contributed by atoms with Crippen LogP contribution in [-0.2, 0) is 19.4 Å². The second kappa shape index (κ2) is 10.8. The number of nitrogens with one attached hydrogen (secondary N) is 1. The van der Waals surface area contributed by atoms with Crippen LogP contribution in [0.5, 0.6) is 5.75 Å². The van der Waals surface area contributed by atoms with Crippen molar-refractivity contribution >= 4 is 5.91 Å². The fraction of sp³-hybridized carbons (Fsp3) is 0.207. The number of amides is 1. The van der Waals surface area contributed by atoms with E-state index in [9.17, 15) is 14.7 Å². The molecule has 4 aromatic rings. The van der Waals surface area contributed by atoms with Gasteiger partial charge in [0.1, 0.15) is 11.3 Å². The number of rotatable bonds is 8. The number of carbonyl (C=O) groups is 1. The molecule has 2 aromatic carbocycles. The number of phenolic OH excluding ortho intramolecular Hbond substituents is 1. The van der Waals surface area contributed by atoms with E-state index in [1.807, 2.05) is 73.0 Å². The number of hydrogen-bond acceptors (Lipinski definition) is 4. The maximum Gasteiger partial charge on any atom is 0.257 e. The molecule has 4 rings (SSSR count). The van der Waals surface area contributed by atoms with E-state index in [4.69, 9.17) is 0 Å². The Labute approximate surface area is 204 Å². The predicted molar refractivity (Wildman–Crippen MR) is 137 cm³/mol. The molecule has 0 unspecified atom stereocenters. The van der Waals surface area contributed by atoms with Crippen LogP contribution < -0.4 is 10.7 Å². The maximum absolute atomic E-state index is 13.3. The molecular weight excluding hydrogens is 438 g/mol. The highest BCUT2D eigenvalue weighted by atomic mass is 16.3. The van der Waals surface area contributed by atoms with E-state index in [1.165, 1.54) is 6.07 Å². The molecule has 2 N–H and O–H groups in total. The Bertz CT molecular complexity index is 1380. The van der Waals surface area contributed by atoms with E-state index in [1.54, 1.807) is 18.3 Å². The third-order valence-corrected chi connectivity index (χ3v) is 6.15. The number of hydrogen-bond donors (Lipinski definition) is 2. The zero-order valence-corrected chi connectivity index (χ0v) is 20.0. The fourth-order valence-corrected chi connectivity index (χ4v) is 4.19. The highest BCUT2D eigenvalue weighted by Gasteiger charge is 2.21. The second-order valence-corrected chi connectivity index (χ2v) is 8.65. The Morgan fingerprint density at radius 3 is 2.46 bits per heavy atom. The Balaban J connectivity index is 1.69. The molecule has 35 heavy (non-hydrogen) atoms. The number of nitrogens with zero attached hydrogens (tertiary/aromatic N) is 2. The lowest BCUT2D eigenvalue weighted by Gasteiger charge is -2.21. The molecule has 0 aliphatic carbocycles. The molecule has 0 bridgehead atoms. The molecule has 6 nitrogen and oxygen atoms in total. The average molecular weight is 468 g/mol. The van der Waals surface area contributed by atoms with Gasteiger partial charge in [0.15, 0.2) is 5.43 Å². The topological polar surface area (TPSA) is 84.2 Å². The van der Waals surface area contributed by atoms with Crippen molar-refractivity contribution in [2.24, 2.45) is 0 Å². The molecular formula is C29H29N3O3. The Kier molecular flexibility index (Phi) is 7.41. The van der Waals surface area contributed by atoms with Gasteiger partial charge in [0.25, 0.3) is 5.91 Å². The first-order valence-electron chi connectivity index (χ1n) is 11.7. The number of aryl methyl sites for hydroxylation is 2. The summed E-state index contributed by atoms with van der Waals surface area (Å²) in [7, 11) is 0. The Morgan fingerprint density at radius 1 is 1.00 bits per heavy atom. The first-order chi connectivity index (χ1) is 16.9. The van der Waals surface area contributed by atoms with Crippen molar-refractivity contribution in [1.29, 1.82) is 0 Å². The maximum atomic E-state index is 13.3. The van der Waals surface area contributed by atoms with Crippen molar-refractivity contribution in [3.63, 3.8) is 0 Å². The van der Waals surface area contributed by atoms with Crippen LogP contribution >= 0.6 is 0 Å². The monoisotopic (exact) mass is 467 g/mol. The minimum absolute atomic E-state index is 0.167. The second-order valence-electron chi connectivity index (χ2n) is 8.65. The minimum atomic E-state index is -0.382. The van der Waals surface area contributed by atoms with Gasteiger partial charge in [0, 0.05) is 36.6 Å². The first-order valence-corrected chi connectivity index (χ1v) is 11.7. The molecule has 0 spiro atoms. The number of pyridine rings is 2. The Hall–Kier alpha value is -4.19. The number of aromatic hydroxyl groups is 1. The van der Waals surface area contributed by atoms with E-state index in [2.05, 4.69) is 10.3 Å². The lowest BCUT2D eigenvalue weighted by atomic mass is 9.99. The van der Waals surface area contributed by atoms with Crippen molar-refractivity contribution in [1.82, 2.24) is 14.9 Å². The van der Waals surface area contributed by atoms with Gasteiger partial charge in [-0.05, 0) is 61.2 Å². The molecule has 2 aromatic heterocycles. The van der Waals surface area contributed by atoms with Gasteiger partial charge in [-0.1, -0.05) is 42.5 Å². The van der Waals surface area contributed by atoms with Gasteiger partial charge in [-0.25, -0.2) is 0 Å². The molecule has 0 aliphatic heterocycles. The highest BCUT2D eigenvalue weighted by molar-refractivity contribution is 5.95. The third kappa shape index (κ3) is 5.84. The van der Waals surface area contributed by atoms with E-state index in [0.717, 1.165) is 28.1 Å². The quantitative estimate of drug-likeness (QED) is 0.407. The molecule has 6 heteroatoms. The number of benzene rings is 2. The molecule has 0 radical (unpaired) electrons. The summed E-state index contributed by atoms with van der Waals surface area (Å²) in [5.41, 5.74) is 5.34. The normalized spacial score (nSPS) is 10.8. The zero-order chi connectivity index (χ0) is 24.8. The van der Waals surface area contributed by atoms with Gasteiger partial charge in [-0.15, -0.1) is 0 Å². The van der Waals surface area contributed by atoms with Crippen LogP contribution in [0.3, 0.4) is 0 Å². The molecule has 1 amide bonds. The van der Waals surface area contributed by atoms with E-state index in [0.29, 0.717) is 31.6 Å². The molecule has 0 saturated heterocycles. The lowest BCUT2D eigenvalue weighted by Crippen LogP contribution is -2.34. The molecule has 178 valence electrons. The van der Waals surface area contributed by atoms with E-state index >= 15 is 0 Å². The molecule has 2 heterocycles. The summed E-state index contributed by atoms with van der Waals surface area (Å²) < 4.78 is 2.02. The van der Waals surface area contributed by atoms with Crippen molar-refractivity contribution < 1.29 is 9.90 Å². The van der Waals surface area contributed by atoms with Gasteiger partial charge in [-0.2, -0.15) is 0 Å². The molecule has 0 aliphatic rings. The van der Waals surface area contributed by atoms with Crippen molar-refractivity contribution in [2.45, 2.75) is 33.2 Å². The third-order valence-electron chi connectivity index (χ3n) is 6.15. The molecule has 0 fully saturated rings. The van der Waals surface area contributed by atoms with Crippen LogP contribution in [0, 0.1) is 13.8 Å². The summed E-state index contributed by atoms with van der Waals surface area (Å²) in [6.07, 6.45) is 2.79. The van der Waals surface area contributed by atoms with Crippen molar-refractivity contribution in [3.05, 3.63) is 129 Å². The predicted octanol–water partition coefficient (Wildman–Crippen LogP) is 4.18. The van der Waals surface area contributed by atoms with Crippen LogP contribution in [0.25, 0.3) is 0 Å². The van der Waals surface area contributed by atoms with E-state index in [-0.39, 0.29) is 22.6 Å². The number of phenols is 1. The Morgan fingerprint density at radius 2 is 1.74 bits per heavy atom. The van der Waals surface area contributed by atoms with E-state index < -0.39 is 0 Å². The van der Waals surface area contributed by atoms with Gasteiger partial charge in [0.05, 0.1) is 12.2 Å². The van der Waals surface area contributed by atoms with Gasteiger partial charge < -0.3 is 15.0 Å². The fourth-order valence-electron chi connectivity index (χ4n) is 4.19. The van der Waals surface area contributed by atoms with Gasteiger partial charge >= 0.3 is 0 Å². The smallest absolute Gasteiger partial charge is 0.257 e. The van der Waals surface area contributed by atoms with Crippen LogP contribution in [0.4, 0.5) is 0 Å². The van der Waals surface area contributed by atoms with Crippen LogP contribution in [0.2, 0.25) is 0 Å². The summed E-state index contributed by atoms with van der Waals surface area (Å²) in [5.74, 6) is -0.182. The average Bonchev–Trinajstić information content (AvgIpc) is 2.84. The first kappa shape index (κ1) is 24.0. The summed E-state index contributed by atoms with van der Waals surface area (Å²) >= 11 is 0. The van der Waals surface area contributed by atoms with Crippen LogP contribution in [0.1, 0.15) is 44.1 Å². The van der Waals surface area contributed by atoms with Crippen molar-refractivity contribution in [3.8, 4) is 5.75 Å². The molecule has 0 atom stereocenters. The van der Waals surface area contributed by atoms with Crippen LogP contribution in [0.15, 0.2) is 83.8 Å². The standard InChI is InChI=1S/C29H29N3O3/c1-20-7-3-4-8-23(20)18-26-28(29(35)31-16-14-22-10-12-25(33)13-11-22)27(34)17-21(2)32(26)19-24-9-5-6-15-30-24/h3-13,15,17,33H,14,16,18-19H2,1-2H3,(H,31,35). The summed E-state index contributed by atoms with van der Waals surface area (Å²) in [6.45, 7) is 4.75. The highest BCUT2D eigenvalue weighted by Crippen LogP contribution is 2.19. The largest absolute Gasteiger partial charge is 0.508 e. The van der Waals surface area contributed by atoms with Gasteiger partial charge in [-0.3, -0.25) is 14.6 Å². The minimum Gasteiger partial charge on any atom is -0.508 e. The summed E-state index contributed by atoms with van der Waals surface area (Å²) in [5, 5.41) is 12.4. The number of carbonyl (C=O) groups excluding carboxylic acids is 1. The SMILES string of the molecule is Cc1ccccc1Cc1c(C(=O)NCCc2ccc(O)cc2)c(=O)cc(C)n1Cc1ccccn1. The van der Waals surface area contributed by atoms with Crippen LogP contribution in [-0.4, -0.2) is 27.1 Å². The zero-order valence-electron chi connectivity index (χ0n) is 20.0. The number of aromatic nitrogens is 2. The molecule has 0 saturated carbocycles. The van der Waals surface area contributed by atoms with Gasteiger partial charge in [0.2, 0.25) is 0 Å². The lowest BCUT2D eigenvalue weighted by molar-refractivity contribution is 0.0951. The van der Waals surface area contributed by atoms with Crippen molar-refractivity contribution in [2.75, 3.05) is 6.54 Å². The summed E-state index contributed by atoms with van der Waals surface area (Å²) in [4.78, 5) is 30.9.